The summed E-state index contributed by atoms with van der Waals surface area (Å²) in [7, 11) is 0. The quantitative estimate of drug-likeness (QED) is 0.628. The van der Waals surface area contributed by atoms with Gasteiger partial charge in [-0.15, -0.1) is 0 Å². The molecule has 1 aromatic rings. The van der Waals surface area contributed by atoms with Crippen molar-refractivity contribution in [1.82, 2.24) is 0 Å². The predicted molar refractivity (Wildman–Crippen MR) is 55.6 cm³/mol. The number of rotatable bonds is 4. The lowest BCUT2D eigenvalue weighted by molar-refractivity contribution is -0.384. The molecule has 0 aromatic heterocycles. The molecule has 0 atom stereocenters. The molecule has 0 aliphatic rings. The molecule has 6 heteroatoms. The highest BCUT2D eigenvalue weighted by molar-refractivity contribution is 6.31. The summed E-state index contributed by atoms with van der Waals surface area (Å²) < 4.78 is 0. The van der Waals surface area contributed by atoms with Crippen LogP contribution in [-0.2, 0) is 11.2 Å². The van der Waals surface area contributed by atoms with Gasteiger partial charge in [-0.1, -0.05) is 11.6 Å². The van der Waals surface area contributed by atoms with Crippen molar-refractivity contribution in [2.45, 2.75) is 12.8 Å². The topological polar surface area (TPSA) is 86.2 Å². The minimum atomic E-state index is -0.510. The summed E-state index contributed by atoms with van der Waals surface area (Å²) in [6.07, 6.45) is 0.441. The fourth-order valence-corrected chi connectivity index (χ4v) is 1.34. The fraction of sp³-hybridized carbons (Fsp3) is 0.222. The van der Waals surface area contributed by atoms with Crippen LogP contribution in [-0.4, -0.2) is 10.8 Å². The summed E-state index contributed by atoms with van der Waals surface area (Å²) in [5.41, 5.74) is 5.49. The van der Waals surface area contributed by atoms with Gasteiger partial charge in [0.2, 0.25) is 5.91 Å². The first-order chi connectivity index (χ1) is 7.00. The molecular weight excluding hydrogens is 220 g/mol. The molecule has 0 saturated carbocycles. The number of carbonyl (C=O) groups is 1. The maximum atomic E-state index is 10.5. The number of aryl methyl sites for hydroxylation is 1. The average molecular weight is 229 g/mol. The zero-order chi connectivity index (χ0) is 11.4. The highest BCUT2D eigenvalue weighted by Crippen LogP contribution is 2.22. The SMILES string of the molecule is NC(=O)CCc1cc([N+](=O)[O-])ccc1Cl. The molecule has 0 aliphatic carbocycles. The molecular formula is C9H9ClN2O3. The highest BCUT2D eigenvalue weighted by Gasteiger charge is 2.10. The third-order valence-corrected chi connectivity index (χ3v) is 2.25. The Morgan fingerprint density at radius 1 is 1.53 bits per heavy atom. The highest BCUT2D eigenvalue weighted by atomic mass is 35.5. The van der Waals surface area contributed by atoms with Crippen LogP contribution in [0.4, 0.5) is 5.69 Å². The Balaban J connectivity index is 2.90. The third-order valence-electron chi connectivity index (χ3n) is 1.88. The van der Waals surface area contributed by atoms with Gasteiger partial charge >= 0.3 is 0 Å². The number of hydrogen-bond acceptors (Lipinski definition) is 3. The summed E-state index contributed by atoms with van der Waals surface area (Å²) in [4.78, 5) is 20.5. The standard InChI is InChI=1S/C9H9ClN2O3/c10-8-3-2-7(12(14)15)5-6(8)1-4-9(11)13/h2-3,5H,1,4H2,(H2,11,13). The number of nitro benzene ring substituents is 1. The van der Waals surface area contributed by atoms with Crippen molar-refractivity contribution in [2.75, 3.05) is 0 Å². The molecule has 0 bridgehead atoms. The number of hydrogen-bond donors (Lipinski definition) is 1. The Labute approximate surface area is 91.0 Å². The number of nitrogens with two attached hydrogens (primary N) is 1. The molecule has 0 aliphatic heterocycles. The van der Waals surface area contributed by atoms with Crippen LogP contribution >= 0.6 is 11.6 Å². The Hall–Kier alpha value is -1.62. The third kappa shape index (κ3) is 3.21. The smallest absolute Gasteiger partial charge is 0.269 e. The van der Waals surface area contributed by atoms with Gasteiger partial charge in [-0.2, -0.15) is 0 Å². The molecule has 0 spiro atoms. The van der Waals surface area contributed by atoms with Crippen molar-refractivity contribution < 1.29 is 9.72 Å². The van der Waals surface area contributed by atoms with Crippen LogP contribution in [0.25, 0.3) is 0 Å². The summed E-state index contributed by atoms with van der Waals surface area (Å²) in [6.45, 7) is 0. The van der Waals surface area contributed by atoms with Crippen LogP contribution in [0.15, 0.2) is 18.2 Å². The van der Waals surface area contributed by atoms with Gasteiger partial charge in [-0.25, -0.2) is 0 Å². The molecule has 5 nitrogen and oxygen atoms in total. The van der Waals surface area contributed by atoms with Crippen molar-refractivity contribution in [1.29, 1.82) is 0 Å². The van der Waals surface area contributed by atoms with Crippen LogP contribution in [0.2, 0.25) is 5.02 Å². The average Bonchev–Trinajstić information content (AvgIpc) is 2.16. The monoisotopic (exact) mass is 228 g/mol. The molecule has 0 unspecified atom stereocenters. The Kier molecular flexibility index (Phi) is 3.62. The number of primary amides is 1. The Morgan fingerprint density at radius 2 is 2.20 bits per heavy atom. The van der Waals surface area contributed by atoms with E-state index in [0.717, 1.165) is 0 Å². The van der Waals surface area contributed by atoms with Gasteiger partial charge in [0.25, 0.3) is 5.69 Å². The number of halogens is 1. The Morgan fingerprint density at radius 3 is 2.73 bits per heavy atom. The first-order valence-electron chi connectivity index (χ1n) is 4.22. The van der Waals surface area contributed by atoms with Crippen LogP contribution < -0.4 is 5.73 Å². The first-order valence-corrected chi connectivity index (χ1v) is 4.59. The van der Waals surface area contributed by atoms with Crippen molar-refractivity contribution in [3.63, 3.8) is 0 Å². The number of nitro groups is 1. The van der Waals surface area contributed by atoms with E-state index in [1.54, 1.807) is 0 Å². The second-order valence-corrected chi connectivity index (χ2v) is 3.41. The van der Waals surface area contributed by atoms with E-state index < -0.39 is 10.8 Å². The number of amides is 1. The van der Waals surface area contributed by atoms with Crippen molar-refractivity contribution >= 4 is 23.2 Å². The molecule has 1 amide bonds. The van der Waals surface area contributed by atoms with E-state index in [1.807, 2.05) is 0 Å². The molecule has 2 N–H and O–H groups in total. The van der Waals surface area contributed by atoms with Gasteiger partial charge in [-0.05, 0) is 18.1 Å². The summed E-state index contributed by atoms with van der Waals surface area (Å²) >= 11 is 5.81. The second kappa shape index (κ2) is 4.75. The maximum absolute atomic E-state index is 10.5. The van der Waals surface area contributed by atoms with Crippen molar-refractivity contribution in [3.05, 3.63) is 38.9 Å². The van der Waals surface area contributed by atoms with Crippen LogP contribution in [0.5, 0.6) is 0 Å². The number of nitrogens with zero attached hydrogens (tertiary/aromatic N) is 1. The van der Waals surface area contributed by atoms with Crippen LogP contribution in [0.1, 0.15) is 12.0 Å². The molecule has 0 radical (unpaired) electrons. The molecule has 0 fully saturated rings. The normalized spacial score (nSPS) is 9.93. The van der Waals surface area contributed by atoms with Gasteiger partial charge in [0, 0.05) is 23.6 Å². The number of benzene rings is 1. The zero-order valence-corrected chi connectivity index (χ0v) is 8.53. The van der Waals surface area contributed by atoms with Gasteiger partial charge in [-0.3, -0.25) is 14.9 Å². The lowest BCUT2D eigenvalue weighted by atomic mass is 10.1. The van der Waals surface area contributed by atoms with E-state index in [1.165, 1.54) is 18.2 Å². The zero-order valence-electron chi connectivity index (χ0n) is 7.77. The van der Waals surface area contributed by atoms with E-state index >= 15 is 0 Å². The number of carbonyl (C=O) groups excluding carboxylic acids is 1. The molecule has 1 aromatic carbocycles. The maximum Gasteiger partial charge on any atom is 0.269 e. The largest absolute Gasteiger partial charge is 0.370 e. The van der Waals surface area contributed by atoms with Gasteiger partial charge in [0.1, 0.15) is 0 Å². The van der Waals surface area contributed by atoms with E-state index in [9.17, 15) is 14.9 Å². The van der Waals surface area contributed by atoms with Gasteiger partial charge in [0.15, 0.2) is 0 Å². The predicted octanol–water partition coefficient (Wildman–Crippen LogP) is 1.67. The number of non-ortho nitro benzene ring substituents is 1. The van der Waals surface area contributed by atoms with Crippen molar-refractivity contribution in [3.8, 4) is 0 Å². The van der Waals surface area contributed by atoms with Crippen LogP contribution in [0, 0.1) is 10.1 Å². The molecule has 15 heavy (non-hydrogen) atoms. The Bertz CT molecular complexity index is 406. The summed E-state index contributed by atoms with van der Waals surface area (Å²) in [5.74, 6) is -0.461. The van der Waals surface area contributed by atoms with E-state index in [2.05, 4.69) is 0 Å². The van der Waals surface area contributed by atoms with Crippen LogP contribution in [0.3, 0.4) is 0 Å². The fourth-order valence-electron chi connectivity index (χ4n) is 1.12. The lowest BCUT2D eigenvalue weighted by Gasteiger charge is -2.02. The van der Waals surface area contributed by atoms with Gasteiger partial charge < -0.3 is 5.73 Å². The van der Waals surface area contributed by atoms with E-state index in [4.69, 9.17) is 17.3 Å². The molecule has 80 valence electrons. The molecule has 0 heterocycles. The molecule has 1 rings (SSSR count). The minimum Gasteiger partial charge on any atom is -0.370 e. The molecule has 0 saturated heterocycles. The van der Waals surface area contributed by atoms with E-state index in [-0.39, 0.29) is 12.1 Å². The second-order valence-electron chi connectivity index (χ2n) is 3.00. The van der Waals surface area contributed by atoms with Gasteiger partial charge in [0.05, 0.1) is 4.92 Å². The minimum absolute atomic E-state index is 0.0427. The summed E-state index contributed by atoms with van der Waals surface area (Å²) in [5, 5.41) is 10.9. The van der Waals surface area contributed by atoms with E-state index in [0.29, 0.717) is 17.0 Å². The summed E-state index contributed by atoms with van der Waals surface area (Å²) in [6, 6.07) is 4.11. The first kappa shape index (κ1) is 11.5. The van der Waals surface area contributed by atoms with Crippen molar-refractivity contribution in [2.24, 2.45) is 5.73 Å². The lowest BCUT2D eigenvalue weighted by Crippen LogP contribution is -2.11.